The Bertz CT molecular complexity index is 1320. The summed E-state index contributed by atoms with van der Waals surface area (Å²) in [7, 11) is 1.32. The van der Waals surface area contributed by atoms with Crippen molar-refractivity contribution < 1.29 is 18.7 Å². The summed E-state index contributed by atoms with van der Waals surface area (Å²) in [5, 5.41) is 0.535. The summed E-state index contributed by atoms with van der Waals surface area (Å²) in [6.07, 6.45) is 1.72. The summed E-state index contributed by atoms with van der Waals surface area (Å²) in [6, 6.07) is 16.1. The van der Waals surface area contributed by atoms with Crippen molar-refractivity contribution in [2.24, 2.45) is 0 Å². The van der Waals surface area contributed by atoms with Gasteiger partial charge in [-0.1, -0.05) is 23.6 Å². The van der Waals surface area contributed by atoms with Gasteiger partial charge in [0.05, 0.1) is 17.7 Å². The average Bonchev–Trinajstić information content (AvgIpc) is 3.13. The molecule has 0 saturated heterocycles. The number of methoxy groups -OCH3 is 1. The van der Waals surface area contributed by atoms with Gasteiger partial charge in [-0.15, -0.1) is 0 Å². The van der Waals surface area contributed by atoms with E-state index in [1.165, 1.54) is 19.2 Å². The smallest absolute Gasteiger partial charge is 0.337 e. The molecular formula is C24H16ClFN2O3. The molecule has 2 aromatic carbocycles. The second-order valence-electron chi connectivity index (χ2n) is 6.55. The number of imidazole rings is 1. The molecule has 5 nitrogen and oxygen atoms in total. The molecule has 4 rings (SSSR count). The molecule has 0 amide bonds. The fraction of sp³-hybridized carbons (Fsp3) is 0.0833. The van der Waals surface area contributed by atoms with E-state index < -0.39 is 5.97 Å². The predicted molar refractivity (Wildman–Crippen MR) is 115 cm³/mol. The molecule has 2 aromatic heterocycles. The molecule has 7 heteroatoms. The molecular weight excluding hydrogens is 419 g/mol. The minimum Gasteiger partial charge on any atom is -0.487 e. The Balaban J connectivity index is 1.67. The third-order valence-electron chi connectivity index (χ3n) is 4.45. The van der Waals surface area contributed by atoms with Gasteiger partial charge in [0.15, 0.2) is 0 Å². The summed E-state index contributed by atoms with van der Waals surface area (Å²) in [6.45, 7) is 0.122. The number of carbonyl (C=O) groups excluding carboxylic acids is 1. The minimum atomic E-state index is -0.446. The number of fused-ring (bicyclic) bond motifs is 1. The van der Waals surface area contributed by atoms with Gasteiger partial charge in [-0.25, -0.2) is 14.2 Å². The molecule has 0 unspecified atom stereocenters. The van der Waals surface area contributed by atoms with Gasteiger partial charge < -0.3 is 9.47 Å². The quantitative estimate of drug-likeness (QED) is 0.339. The van der Waals surface area contributed by atoms with E-state index in [9.17, 15) is 9.18 Å². The van der Waals surface area contributed by atoms with E-state index in [1.807, 2.05) is 0 Å². The van der Waals surface area contributed by atoms with Crippen LogP contribution >= 0.6 is 11.6 Å². The molecule has 2 heterocycles. The maximum absolute atomic E-state index is 13.2. The number of nitrogens with zero attached hydrogens (tertiary/aromatic N) is 2. The summed E-state index contributed by atoms with van der Waals surface area (Å²) >= 11 is 6.15. The molecule has 154 valence electrons. The summed E-state index contributed by atoms with van der Waals surface area (Å²) in [4.78, 5) is 16.3. The van der Waals surface area contributed by atoms with Crippen LogP contribution in [0.2, 0.25) is 5.02 Å². The first kappa shape index (κ1) is 20.5. The number of benzene rings is 2. The van der Waals surface area contributed by atoms with E-state index in [1.54, 1.807) is 59.1 Å². The highest BCUT2D eigenvalue weighted by Crippen LogP contribution is 2.20. The lowest BCUT2D eigenvalue weighted by Gasteiger charge is -2.06. The minimum absolute atomic E-state index is 0.122. The zero-order valence-corrected chi connectivity index (χ0v) is 17.2. The molecule has 0 fully saturated rings. The number of halogens is 2. The summed E-state index contributed by atoms with van der Waals surface area (Å²) in [5.41, 5.74) is 2.91. The highest BCUT2D eigenvalue weighted by atomic mass is 35.5. The topological polar surface area (TPSA) is 52.8 Å². The molecule has 0 spiro atoms. The lowest BCUT2D eigenvalue weighted by molar-refractivity contribution is 0.0600. The Kier molecular flexibility index (Phi) is 5.87. The van der Waals surface area contributed by atoms with Gasteiger partial charge in [0.25, 0.3) is 0 Å². The standard InChI is InChI=1S/C24H16ClFN2O3/c1-30-24(29)17-3-2-4-20(13-17)31-15-21-22(11-7-16-5-9-19(26)10-6-16)28-14-18(25)8-12-23(28)27-21/h2-6,8-10,12-14H,15H2,1H3. The first-order chi connectivity index (χ1) is 15.0. The van der Waals surface area contributed by atoms with Gasteiger partial charge in [-0.3, -0.25) is 4.40 Å². The zero-order chi connectivity index (χ0) is 21.8. The third kappa shape index (κ3) is 4.68. The largest absolute Gasteiger partial charge is 0.487 e. The van der Waals surface area contributed by atoms with Gasteiger partial charge in [0.2, 0.25) is 0 Å². The second-order valence-corrected chi connectivity index (χ2v) is 6.98. The molecule has 0 saturated carbocycles. The van der Waals surface area contributed by atoms with Crippen molar-refractivity contribution >= 4 is 23.2 Å². The first-order valence-corrected chi connectivity index (χ1v) is 9.66. The number of carbonyl (C=O) groups is 1. The van der Waals surface area contributed by atoms with E-state index in [-0.39, 0.29) is 12.4 Å². The van der Waals surface area contributed by atoms with E-state index in [0.29, 0.717) is 38.9 Å². The Morgan fingerprint density at radius 1 is 1.13 bits per heavy atom. The SMILES string of the molecule is COC(=O)c1cccc(OCc2nc3ccc(Cl)cn3c2C#Cc2ccc(F)cc2)c1. The van der Waals surface area contributed by atoms with Crippen LogP contribution in [0.15, 0.2) is 66.9 Å². The van der Waals surface area contributed by atoms with Crippen LogP contribution in [0.25, 0.3) is 5.65 Å². The number of ether oxygens (including phenoxy) is 2. The van der Waals surface area contributed by atoms with Gasteiger partial charge in [0, 0.05) is 11.8 Å². The Labute approximate surface area is 183 Å². The lowest BCUT2D eigenvalue weighted by Crippen LogP contribution is -2.03. The van der Waals surface area contributed by atoms with Crippen LogP contribution in [0.1, 0.15) is 27.3 Å². The van der Waals surface area contributed by atoms with Crippen LogP contribution in [0.3, 0.4) is 0 Å². The van der Waals surface area contributed by atoms with Gasteiger partial charge in [-0.2, -0.15) is 0 Å². The normalized spacial score (nSPS) is 10.4. The fourth-order valence-electron chi connectivity index (χ4n) is 2.95. The molecule has 0 bridgehead atoms. The third-order valence-corrected chi connectivity index (χ3v) is 4.68. The maximum atomic E-state index is 13.2. The number of aromatic nitrogens is 2. The highest BCUT2D eigenvalue weighted by molar-refractivity contribution is 6.30. The number of esters is 1. The Morgan fingerprint density at radius 2 is 1.94 bits per heavy atom. The molecule has 0 N–H and O–H groups in total. The Hall–Kier alpha value is -3.82. The number of rotatable bonds is 4. The first-order valence-electron chi connectivity index (χ1n) is 9.29. The van der Waals surface area contributed by atoms with E-state index in [2.05, 4.69) is 16.8 Å². The fourth-order valence-corrected chi connectivity index (χ4v) is 3.11. The van der Waals surface area contributed by atoms with Crippen molar-refractivity contribution in [1.82, 2.24) is 9.38 Å². The monoisotopic (exact) mass is 434 g/mol. The van der Waals surface area contributed by atoms with Crippen LogP contribution in [-0.4, -0.2) is 22.5 Å². The van der Waals surface area contributed by atoms with E-state index >= 15 is 0 Å². The van der Waals surface area contributed by atoms with Gasteiger partial charge >= 0.3 is 5.97 Å². The van der Waals surface area contributed by atoms with Crippen molar-refractivity contribution in [3.05, 3.63) is 100 Å². The molecule has 4 aromatic rings. The molecule has 0 atom stereocenters. The lowest BCUT2D eigenvalue weighted by atomic mass is 10.2. The van der Waals surface area contributed by atoms with Crippen molar-refractivity contribution in [2.75, 3.05) is 7.11 Å². The van der Waals surface area contributed by atoms with Gasteiger partial charge in [-0.05, 0) is 60.5 Å². The molecule has 0 aliphatic rings. The predicted octanol–water partition coefficient (Wildman–Crippen LogP) is 4.89. The number of pyridine rings is 1. The molecule has 0 aliphatic heterocycles. The van der Waals surface area contributed by atoms with E-state index in [0.717, 1.165) is 0 Å². The maximum Gasteiger partial charge on any atom is 0.337 e. The Morgan fingerprint density at radius 3 is 2.71 bits per heavy atom. The zero-order valence-electron chi connectivity index (χ0n) is 16.4. The molecule has 31 heavy (non-hydrogen) atoms. The second kappa shape index (κ2) is 8.90. The summed E-state index contributed by atoms with van der Waals surface area (Å²) < 4.78 is 25.5. The van der Waals surface area contributed by atoms with Crippen molar-refractivity contribution in [1.29, 1.82) is 0 Å². The van der Waals surface area contributed by atoms with Crippen LogP contribution in [0, 0.1) is 17.7 Å². The van der Waals surface area contributed by atoms with Crippen LogP contribution in [-0.2, 0) is 11.3 Å². The van der Waals surface area contributed by atoms with Crippen LogP contribution in [0.5, 0.6) is 5.75 Å². The number of hydrogen-bond acceptors (Lipinski definition) is 4. The van der Waals surface area contributed by atoms with Crippen molar-refractivity contribution in [3.63, 3.8) is 0 Å². The van der Waals surface area contributed by atoms with Crippen molar-refractivity contribution in [2.45, 2.75) is 6.61 Å². The average molecular weight is 435 g/mol. The molecule has 0 radical (unpaired) electrons. The highest BCUT2D eigenvalue weighted by Gasteiger charge is 2.13. The summed E-state index contributed by atoms with van der Waals surface area (Å²) in [5.74, 6) is 5.83. The van der Waals surface area contributed by atoms with Crippen LogP contribution in [0.4, 0.5) is 4.39 Å². The molecule has 0 aliphatic carbocycles. The van der Waals surface area contributed by atoms with Gasteiger partial charge in [0.1, 0.15) is 35.2 Å². The number of hydrogen-bond donors (Lipinski definition) is 0. The van der Waals surface area contributed by atoms with Crippen molar-refractivity contribution in [3.8, 4) is 17.6 Å². The van der Waals surface area contributed by atoms with Crippen LogP contribution < -0.4 is 4.74 Å². The van der Waals surface area contributed by atoms with E-state index in [4.69, 9.17) is 21.1 Å².